The third-order valence-corrected chi connectivity index (χ3v) is 7.40. The van der Waals surface area contributed by atoms with Crippen LogP contribution in [0, 0.1) is 5.82 Å². The highest BCUT2D eigenvalue weighted by atomic mass is 32.1. The van der Waals surface area contributed by atoms with Crippen molar-refractivity contribution in [1.82, 2.24) is 24.3 Å². The highest BCUT2D eigenvalue weighted by Crippen LogP contribution is 2.35. The Morgan fingerprint density at radius 1 is 1.15 bits per heavy atom. The molecule has 0 bridgehead atoms. The molecule has 1 aliphatic heterocycles. The molecule has 2 aromatic carbocycles. The molecule has 0 radical (unpaired) electrons. The number of hydrogen-bond acceptors (Lipinski definition) is 7. The fourth-order valence-electron chi connectivity index (χ4n) is 4.76. The summed E-state index contributed by atoms with van der Waals surface area (Å²) in [6.07, 6.45) is 5.43. The number of methoxy groups -OCH3 is 1. The smallest absolute Gasteiger partial charge is 0.321 e. The van der Waals surface area contributed by atoms with Crippen LogP contribution < -0.4 is 15.4 Å². The van der Waals surface area contributed by atoms with E-state index in [0.717, 1.165) is 46.2 Å². The van der Waals surface area contributed by atoms with E-state index in [4.69, 9.17) is 14.7 Å². The van der Waals surface area contributed by atoms with Gasteiger partial charge in [0.05, 0.1) is 18.5 Å². The fraction of sp³-hybridized carbons (Fsp3) is 0.214. The number of nitrogens with zero attached hydrogens (tertiary/aromatic N) is 5. The van der Waals surface area contributed by atoms with Crippen LogP contribution in [0.15, 0.2) is 72.4 Å². The third-order valence-electron chi connectivity index (χ3n) is 6.64. The number of benzene rings is 2. The van der Waals surface area contributed by atoms with Gasteiger partial charge in [-0.1, -0.05) is 12.1 Å². The molecule has 6 rings (SSSR count). The molecule has 0 aliphatic carbocycles. The summed E-state index contributed by atoms with van der Waals surface area (Å²) >= 11 is 1.56. The maximum Gasteiger partial charge on any atom is 0.321 e. The minimum atomic E-state index is -0.344. The lowest BCUT2D eigenvalue weighted by Gasteiger charge is -2.33. The summed E-state index contributed by atoms with van der Waals surface area (Å²) in [6.45, 7) is 1.14. The van der Waals surface area contributed by atoms with E-state index in [9.17, 15) is 9.18 Å². The van der Waals surface area contributed by atoms with Crippen LogP contribution in [0.1, 0.15) is 12.8 Å². The van der Waals surface area contributed by atoms with E-state index < -0.39 is 0 Å². The van der Waals surface area contributed by atoms with Gasteiger partial charge in [0.1, 0.15) is 17.3 Å². The van der Waals surface area contributed by atoms with Crippen molar-refractivity contribution in [2.75, 3.05) is 30.8 Å². The number of fused-ring (bicyclic) bond motifs is 1. The molecule has 0 spiro atoms. The SMILES string of the molecule is COc1cccc(-c2nc3sccn3c2-c2ccnc(N[C@@H]3CCCN(C(=O)Nc4ccc(F)cc4)C3)n2)c1. The van der Waals surface area contributed by atoms with Gasteiger partial charge in [0.2, 0.25) is 5.95 Å². The van der Waals surface area contributed by atoms with Gasteiger partial charge in [-0.25, -0.2) is 24.1 Å². The molecule has 0 saturated carbocycles. The number of likely N-dealkylation sites (tertiary alicyclic amines) is 1. The number of aromatic nitrogens is 4. The van der Waals surface area contributed by atoms with Gasteiger partial charge in [-0.3, -0.25) is 4.40 Å². The first-order valence-electron chi connectivity index (χ1n) is 12.6. The molecule has 39 heavy (non-hydrogen) atoms. The Bertz CT molecular complexity index is 1620. The highest BCUT2D eigenvalue weighted by Gasteiger charge is 2.25. The summed E-state index contributed by atoms with van der Waals surface area (Å²) in [6, 6.07) is 15.2. The molecule has 4 heterocycles. The van der Waals surface area contributed by atoms with E-state index in [1.165, 1.54) is 12.1 Å². The lowest BCUT2D eigenvalue weighted by Crippen LogP contribution is -2.47. The van der Waals surface area contributed by atoms with Crippen molar-refractivity contribution in [3.8, 4) is 28.4 Å². The van der Waals surface area contributed by atoms with Gasteiger partial charge in [0.15, 0.2) is 4.96 Å². The minimum Gasteiger partial charge on any atom is -0.497 e. The van der Waals surface area contributed by atoms with Crippen LogP contribution in [0.3, 0.4) is 0 Å². The summed E-state index contributed by atoms with van der Waals surface area (Å²) in [7, 11) is 1.65. The summed E-state index contributed by atoms with van der Waals surface area (Å²) in [5.41, 5.74) is 3.90. The standard InChI is InChI=1S/C28H26FN7O2S/c1-38-22-6-2-4-18(16-22)24-25(36-14-15-39-28(36)34-24)23-11-12-30-26(33-23)31-21-5-3-13-35(17-21)27(37)32-20-9-7-19(29)8-10-20/h2,4,6-12,14-16,21H,3,5,13,17H2,1H3,(H,32,37)(H,30,31,33)/t21-/m1/s1. The Morgan fingerprint density at radius 2 is 2.03 bits per heavy atom. The topological polar surface area (TPSA) is 96.7 Å². The molecule has 1 fully saturated rings. The molecular weight excluding hydrogens is 517 g/mol. The number of urea groups is 1. The van der Waals surface area contributed by atoms with E-state index in [0.29, 0.717) is 24.7 Å². The Labute approximate surface area is 228 Å². The summed E-state index contributed by atoms with van der Waals surface area (Å²) in [5.74, 6) is 0.897. The lowest BCUT2D eigenvalue weighted by molar-refractivity contribution is 0.196. The van der Waals surface area contributed by atoms with Gasteiger partial charge in [0.25, 0.3) is 0 Å². The lowest BCUT2D eigenvalue weighted by atomic mass is 10.1. The van der Waals surface area contributed by atoms with Gasteiger partial charge in [0, 0.05) is 48.2 Å². The Morgan fingerprint density at radius 3 is 2.87 bits per heavy atom. The van der Waals surface area contributed by atoms with Crippen LogP contribution >= 0.6 is 11.3 Å². The van der Waals surface area contributed by atoms with E-state index in [1.807, 2.05) is 46.3 Å². The number of carbonyl (C=O) groups excluding carboxylic acids is 1. The Balaban J connectivity index is 1.22. The van der Waals surface area contributed by atoms with Crippen molar-refractivity contribution in [2.24, 2.45) is 0 Å². The second-order valence-electron chi connectivity index (χ2n) is 9.23. The number of rotatable bonds is 6. The normalized spacial score (nSPS) is 15.3. The molecule has 1 aliphatic rings. The number of ether oxygens (including phenoxy) is 1. The van der Waals surface area contributed by atoms with E-state index in [-0.39, 0.29) is 17.9 Å². The molecular formula is C28H26FN7O2S. The quantitative estimate of drug-likeness (QED) is 0.282. The first-order valence-corrected chi connectivity index (χ1v) is 13.5. The number of nitrogens with one attached hydrogen (secondary N) is 2. The maximum atomic E-state index is 13.2. The Kier molecular flexibility index (Phi) is 6.80. The van der Waals surface area contributed by atoms with Gasteiger partial charge >= 0.3 is 6.03 Å². The predicted molar refractivity (Wildman–Crippen MR) is 150 cm³/mol. The molecule has 198 valence electrons. The van der Waals surface area contributed by atoms with E-state index in [2.05, 4.69) is 15.6 Å². The van der Waals surface area contributed by atoms with Crippen molar-refractivity contribution in [2.45, 2.75) is 18.9 Å². The van der Waals surface area contributed by atoms with Crippen molar-refractivity contribution < 1.29 is 13.9 Å². The summed E-state index contributed by atoms with van der Waals surface area (Å²) < 4.78 is 20.7. The molecule has 2 amide bonds. The first-order chi connectivity index (χ1) is 19.1. The maximum absolute atomic E-state index is 13.2. The van der Waals surface area contributed by atoms with Gasteiger partial charge in [-0.2, -0.15) is 0 Å². The number of anilines is 2. The molecule has 5 aromatic rings. The average Bonchev–Trinajstić information content (AvgIpc) is 3.56. The van der Waals surface area contributed by atoms with Gasteiger partial charge in [-0.05, 0) is 55.3 Å². The van der Waals surface area contributed by atoms with Crippen LogP contribution in [0.5, 0.6) is 5.75 Å². The third kappa shape index (κ3) is 5.26. The largest absolute Gasteiger partial charge is 0.497 e. The van der Waals surface area contributed by atoms with Crippen LogP contribution in [0.4, 0.5) is 20.8 Å². The van der Waals surface area contributed by atoms with Crippen LogP contribution in [-0.2, 0) is 0 Å². The molecule has 9 nitrogen and oxygen atoms in total. The molecule has 1 saturated heterocycles. The van der Waals surface area contributed by atoms with Gasteiger partial charge in [-0.15, -0.1) is 11.3 Å². The van der Waals surface area contributed by atoms with Crippen LogP contribution in [0.2, 0.25) is 0 Å². The van der Waals surface area contributed by atoms with E-state index >= 15 is 0 Å². The number of thiazole rings is 1. The van der Waals surface area contributed by atoms with E-state index in [1.54, 1.807) is 41.7 Å². The fourth-order valence-corrected chi connectivity index (χ4v) is 5.47. The number of carbonyl (C=O) groups is 1. The Hall–Kier alpha value is -4.51. The number of halogens is 1. The second kappa shape index (κ2) is 10.7. The average molecular weight is 544 g/mol. The number of amides is 2. The van der Waals surface area contributed by atoms with Crippen molar-refractivity contribution >= 4 is 34.0 Å². The van der Waals surface area contributed by atoms with Crippen LogP contribution in [0.25, 0.3) is 27.6 Å². The minimum absolute atomic E-state index is 0.0163. The molecule has 3 aromatic heterocycles. The molecule has 11 heteroatoms. The highest BCUT2D eigenvalue weighted by molar-refractivity contribution is 7.15. The molecule has 2 N–H and O–H groups in total. The zero-order chi connectivity index (χ0) is 26.8. The molecule has 1 atom stereocenters. The summed E-state index contributed by atoms with van der Waals surface area (Å²) in [5, 5.41) is 8.25. The summed E-state index contributed by atoms with van der Waals surface area (Å²) in [4.78, 5) is 29.6. The van der Waals surface area contributed by atoms with Crippen molar-refractivity contribution in [3.05, 3.63) is 78.2 Å². The first kappa shape index (κ1) is 24.8. The number of hydrogen-bond donors (Lipinski definition) is 2. The van der Waals surface area contributed by atoms with Crippen molar-refractivity contribution in [1.29, 1.82) is 0 Å². The monoisotopic (exact) mass is 543 g/mol. The second-order valence-corrected chi connectivity index (χ2v) is 10.1. The van der Waals surface area contributed by atoms with Crippen molar-refractivity contribution in [3.63, 3.8) is 0 Å². The predicted octanol–water partition coefficient (Wildman–Crippen LogP) is 5.78. The number of piperidine rings is 1. The van der Waals surface area contributed by atoms with Gasteiger partial charge < -0.3 is 20.3 Å². The zero-order valence-corrected chi connectivity index (χ0v) is 22.0. The number of imidazole rings is 1. The zero-order valence-electron chi connectivity index (χ0n) is 21.2. The molecule has 0 unspecified atom stereocenters. The van der Waals surface area contributed by atoms with Crippen LogP contribution in [-0.4, -0.2) is 56.5 Å².